The van der Waals surface area contributed by atoms with Crippen molar-refractivity contribution >= 4 is 23.3 Å². The molecule has 0 fully saturated rings. The minimum absolute atomic E-state index is 0.806. The van der Waals surface area contributed by atoms with Gasteiger partial charge < -0.3 is 9.80 Å². The molecule has 0 spiro atoms. The molecule has 0 N–H and O–H groups in total. The van der Waals surface area contributed by atoms with Crippen molar-refractivity contribution in [2.75, 3.05) is 38.6 Å². The summed E-state index contributed by atoms with van der Waals surface area (Å²) in [6.07, 6.45) is 2.05. The highest BCUT2D eigenvalue weighted by molar-refractivity contribution is 7.12. The summed E-state index contributed by atoms with van der Waals surface area (Å²) < 4.78 is 0. The van der Waals surface area contributed by atoms with Crippen LogP contribution in [-0.2, 0) is 0 Å². The second-order valence-corrected chi connectivity index (χ2v) is 5.06. The monoisotopic (exact) mass is 240 g/mol. The van der Waals surface area contributed by atoms with Crippen LogP contribution in [0.5, 0.6) is 0 Å². The first-order chi connectivity index (χ1) is 7.67. The van der Waals surface area contributed by atoms with Gasteiger partial charge in [-0.3, -0.25) is 4.79 Å². The van der Waals surface area contributed by atoms with Crippen molar-refractivity contribution in [3.05, 3.63) is 16.3 Å². The molecule has 0 aromatic carbocycles. The molecule has 0 saturated heterocycles. The lowest BCUT2D eigenvalue weighted by Crippen LogP contribution is -2.32. The molecule has 0 bridgehead atoms. The Labute approximate surface area is 102 Å². The first-order valence-corrected chi connectivity index (χ1v) is 6.48. The Kier molecular flexibility index (Phi) is 5.49. The minimum atomic E-state index is 0.806. The van der Waals surface area contributed by atoms with E-state index in [1.807, 2.05) is 6.07 Å². The van der Waals surface area contributed by atoms with Gasteiger partial charge >= 0.3 is 0 Å². The standard InChI is InChI=1S/C12H20N2OS/c1-4-5-14(7-6-13(2)3)11-8-12(9-15)16-10-11/h8-10H,4-7H2,1-3H3. The van der Waals surface area contributed by atoms with E-state index in [0.717, 1.165) is 37.2 Å². The van der Waals surface area contributed by atoms with E-state index in [-0.39, 0.29) is 0 Å². The number of thiophene rings is 1. The zero-order valence-electron chi connectivity index (χ0n) is 10.3. The van der Waals surface area contributed by atoms with Gasteiger partial charge in [0.2, 0.25) is 0 Å². The highest BCUT2D eigenvalue weighted by Gasteiger charge is 2.08. The van der Waals surface area contributed by atoms with Crippen LogP contribution in [0.4, 0.5) is 5.69 Å². The number of aldehydes is 1. The summed E-state index contributed by atoms with van der Waals surface area (Å²) in [6.45, 7) is 5.26. The van der Waals surface area contributed by atoms with Gasteiger partial charge in [-0.1, -0.05) is 6.92 Å². The van der Waals surface area contributed by atoms with Crippen molar-refractivity contribution in [3.8, 4) is 0 Å². The van der Waals surface area contributed by atoms with Gasteiger partial charge in [-0.2, -0.15) is 0 Å². The Morgan fingerprint density at radius 3 is 2.56 bits per heavy atom. The molecule has 16 heavy (non-hydrogen) atoms. The maximum atomic E-state index is 10.7. The molecule has 0 unspecified atom stereocenters. The van der Waals surface area contributed by atoms with Crippen molar-refractivity contribution in [2.45, 2.75) is 13.3 Å². The summed E-state index contributed by atoms with van der Waals surface area (Å²) >= 11 is 1.51. The van der Waals surface area contributed by atoms with E-state index in [1.54, 1.807) is 0 Å². The Balaban J connectivity index is 2.64. The molecule has 1 heterocycles. The molecule has 0 saturated carbocycles. The molecule has 4 heteroatoms. The number of hydrogen-bond donors (Lipinski definition) is 0. The van der Waals surface area contributed by atoms with Gasteiger partial charge in [0.15, 0.2) is 6.29 Å². The van der Waals surface area contributed by atoms with Crippen molar-refractivity contribution in [1.82, 2.24) is 4.90 Å². The molecule has 0 aliphatic rings. The van der Waals surface area contributed by atoms with Gasteiger partial charge in [0.25, 0.3) is 0 Å². The van der Waals surface area contributed by atoms with E-state index >= 15 is 0 Å². The fraction of sp³-hybridized carbons (Fsp3) is 0.583. The van der Waals surface area contributed by atoms with E-state index in [9.17, 15) is 4.79 Å². The predicted octanol–water partition coefficient (Wildman–Crippen LogP) is 2.34. The van der Waals surface area contributed by atoms with Crippen molar-refractivity contribution in [1.29, 1.82) is 0 Å². The third kappa shape index (κ3) is 3.94. The van der Waals surface area contributed by atoms with Crippen LogP contribution in [0.3, 0.4) is 0 Å². The quantitative estimate of drug-likeness (QED) is 0.683. The lowest BCUT2D eigenvalue weighted by atomic mass is 10.3. The zero-order chi connectivity index (χ0) is 12.0. The Bertz CT molecular complexity index is 323. The number of nitrogens with zero attached hydrogens (tertiary/aromatic N) is 2. The fourth-order valence-electron chi connectivity index (χ4n) is 1.53. The molecule has 0 radical (unpaired) electrons. The molecule has 3 nitrogen and oxygen atoms in total. The Hall–Kier alpha value is -0.870. The third-order valence-electron chi connectivity index (χ3n) is 2.40. The van der Waals surface area contributed by atoms with Crippen molar-refractivity contribution < 1.29 is 4.79 Å². The van der Waals surface area contributed by atoms with Crippen LogP contribution in [0.25, 0.3) is 0 Å². The molecule has 0 aliphatic heterocycles. The Morgan fingerprint density at radius 1 is 1.31 bits per heavy atom. The average molecular weight is 240 g/mol. The minimum Gasteiger partial charge on any atom is -0.370 e. The summed E-state index contributed by atoms with van der Waals surface area (Å²) in [4.78, 5) is 16.0. The van der Waals surface area contributed by atoms with Crippen LogP contribution < -0.4 is 4.90 Å². The summed E-state index contributed by atoms with van der Waals surface area (Å²) in [5.74, 6) is 0. The van der Waals surface area contributed by atoms with Crippen molar-refractivity contribution in [2.24, 2.45) is 0 Å². The topological polar surface area (TPSA) is 23.6 Å². The maximum absolute atomic E-state index is 10.7. The normalized spacial score (nSPS) is 10.8. The van der Waals surface area contributed by atoms with E-state index in [2.05, 4.69) is 36.2 Å². The second-order valence-electron chi connectivity index (χ2n) is 4.12. The molecule has 1 rings (SSSR count). The van der Waals surface area contributed by atoms with Gasteiger partial charge in [0.05, 0.1) is 4.88 Å². The van der Waals surface area contributed by atoms with Crippen LogP contribution in [-0.4, -0.2) is 44.9 Å². The van der Waals surface area contributed by atoms with Crippen LogP contribution >= 0.6 is 11.3 Å². The van der Waals surface area contributed by atoms with Crippen LogP contribution in [0.1, 0.15) is 23.0 Å². The number of carbonyl (C=O) groups excluding carboxylic acids is 1. The predicted molar refractivity (Wildman–Crippen MR) is 70.8 cm³/mol. The zero-order valence-corrected chi connectivity index (χ0v) is 11.1. The molecule has 0 atom stereocenters. The Morgan fingerprint density at radius 2 is 2.06 bits per heavy atom. The summed E-state index contributed by atoms with van der Waals surface area (Å²) in [7, 11) is 4.16. The van der Waals surface area contributed by atoms with Crippen molar-refractivity contribution in [3.63, 3.8) is 0 Å². The number of likely N-dealkylation sites (N-methyl/N-ethyl adjacent to an activating group) is 1. The van der Waals surface area contributed by atoms with Gasteiger partial charge in [-0.15, -0.1) is 11.3 Å². The molecule has 1 aromatic heterocycles. The van der Waals surface area contributed by atoms with Gasteiger partial charge in [0.1, 0.15) is 0 Å². The van der Waals surface area contributed by atoms with Crippen LogP contribution in [0, 0.1) is 0 Å². The van der Waals surface area contributed by atoms with Crippen LogP contribution in [0.2, 0.25) is 0 Å². The molecular weight excluding hydrogens is 220 g/mol. The highest BCUT2D eigenvalue weighted by atomic mass is 32.1. The first-order valence-electron chi connectivity index (χ1n) is 5.60. The molecule has 1 aromatic rings. The summed E-state index contributed by atoms with van der Waals surface area (Å²) in [5, 5.41) is 2.06. The lowest BCUT2D eigenvalue weighted by Gasteiger charge is -2.24. The number of carbonyl (C=O) groups is 1. The largest absolute Gasteiger partial charge is 0.370 e. The third-order valence-corrected chi connectivity index (χ3v) is 3.24. The van der Waals surface area contributed by atoms with E-state index in [4.69, 9.17) is 0 Å². The highest BCUT2D eigenvalue weighted by Crippen LogP contribution is 2.22. The van der Waals surface area contributed by atoms with Gasteiger partial charge in [-0.05, 0) is 26.6 Å². The second kappa shape index (κ2) is 6.66. The number of anilines is 1. The maximum Gasteiger partial charge on any atom is 0.160 e. The summed E-state index contributed by atoms with van der Waals surface area (Å²) in [6, 6.07) is 1.98. The fourth-order valence-corrected chi connectivity index (χ4v) is 2.25. The number of rotatable bonds is 7. The van der Waals surface area contributed by atoms with E-state index < -0.39 is 0 Å². The van der Waals surface area contributed by atoms with E-state index in [0.29, 0.717) is 0 Å². The molecule has 90 valence electrons. The van der Waals surface area contributed by atoms with Gasteiger partial charge in [-0.25, -0.2) is 0 Å². The first kappa shape index (κ1) is 13.2. The number of hydrogen-bond acceptors (Lipinski definition) is 4. The van der Waals surface area contributed by atoms with Crippen LogP contribution in [0.15, 0.2) is 11.4 Å². The summed E-state index contributed by atoms with van der Waals surface area (Å²) in [5.41, 5.74) is 1.18. The molecular formula is C12H20N2OS. The van der Waals surface area contributed by atoms with E-state index in [1.165, 1.54) is 17.0 Å². The SMILES string of the molecule is CCCN(CCN(C)C)c1csc(C=O)c1. The lowest BCUT2D eigenvalue weighted by molar-refractivity contribution is 0.112. The molecule has 0 aliphatic carbocycles. The smallest absolute Gasteiger partial charge is 0.160 e. The molecule has 0 amide bonds. The average Bonchev–Trinajstić information content (AvgIpc) is 2.72. The van der Waals surface area contributed by atoms with Gasteiger partial charge in [0, 0.05) is 30.7 Å².